The number of nitrogens with zero attached hydrogens (tertiary/aromatic N) is 5. The van der Waals surface area contributed by atoms with Crippen molar-refractivity contribution in [3.05, 3.63) is 71.8 Å². The summed E-state index contributed by atoms with van der Waals surface area (Å²) in [5, 5.41) is 3.27. The maximum absolute atomic E-state index is 12.9. The van der Waals surface area contributed by atoms with Gasteiger partial charge in [-0.3, -0.25) is 4.79 Å². The lowest BCUT2D eigenvalue weighted by Crippen LogP contribution is -2.49. The molecular weight excluding hydrogens is 364 g/mol. The summed E-state index contributed by atoms with van der Waals surface area (Å²) in [5.41, 5.74) is 3.69. The van der Waals surface area contributed by atoms with Gasteiger partial charge in [-0.25, -0.2) is 15.0 Å². The van der Waals surface area contributed by atoms with Crippen LogP contribution in [0.1, 0.15) is 21.6 Å². The smallest absolute Gasteiger partial charge is 0.272 e. The number of piperazine rings is 1. The van der Waals surface area contributed by atoms with Crippen molar-refractivity contribution in [2.75, 3.05) is 36.4 Å². The molecule has 148 valence electrons. The van der Waals surface area contributed by atoms with Crippen LogP contribution < -0.4 is 10.2 Å². The molecule has 0 unspecified atom stereocenters. The Morgan fingerprint density at radius 1 is 0.931 bits per heavy atom. The molecule has 0 spiro atoms. The largest absolute Gasteiger partial charge is 0.353 e. The minimum absolute atomic E-state index is 0.0726. The van der Waals surface area contributed by atoms with Crippen molar-refractivity contribution in [2.24, 2.45) is 0 Å². The molecular formula is C22H24N6O. The zero-order valence-corrected chi connectivity index (χ0v) is 16.7. The second kappa shape index (κ2) is 8.26. The van der Waals surface area contributed by atoms with Crippen LogP contribution in [0.3, 0.4) is 0 Å². The quantitative estimate of drug-likeness (QED) is 0.740. The summed E-state index contributed by atoms with van der Waals surface area (Å²) in [6.07, 6.45) is 3.22. The Balaban J connectivity index is 1.42. The number of anilines is 3. The van der Waals surface area contributed by atoms with Crippen LogP contribution in [0.2, 0.25) is 0 Å². The lowest BCUT2D eigenvalue weighted by atomic mass is 10.1. The number of nitrogens with one attached hydrogen (secondary N) is 1. The number of carbonyl (C=O) groups is 1. The first-order valence-corrected chi connectivity index (χ1v) is 9.71. The van der Waals surface area contributed by atoms with Crippen LogP contribution in [0.5, 0.6) is 0 Å². The van der Waals surface area contributed by atoms with Gasteiger partial charge in [0.05, 0.1) is 0 Å². The summed E-state index contributed by atoms with van der Waals surface area (Å²) in [7, 11) is 0. The van der Waals surface area contributed by atoms with Crippen molar-refractivity contribution in [1.82, 2.24) is 19.9 Å². The molecule has 0 bridgehead atoms. The summed E-state index contributed by atoms with van der Waals surface area (Å²) in [6.45, 7) is 6.89. The molecule has 3 heterocycles. The van der Waals surface area contributed by atoms with E-state index in [0.717, 1.165) is 24.6 Å². The maximum atomic E-state index is 12.9. The molecule has 0 radical (unpaired) electrons. The highest BCUT2D eigenvalue weighted by Gasteiger charge is 2.23. The highest BCUT2D eigenvalue weighted by molar-refractivity contribution is 5.93. The molecule has 29 heavy (non-hydrogen) atoms. The van der Waals surface area contributed by atoms with Crippen molar-refractivity contribution >= 4 is 23.2 Å². The van der Waals surface area contributed by atoms with Crippen molar-refractivity contribution in [1.29, 1.82) is 0 Å². The van der Waals surface area contributed by atoms with Crippen LogP contribution in [0.15, 0.2) is 55.0 Å². The summed E-state index contributed by atoms with van der Waals surface area (Å²) >= 11 is 0. The first-order chi connectivity index (χ1) is 14.1. The number of hydrogen-bond donors (Lipinski definition) is 1. The normalized spacial score (nSPS) is 14.0. The number of benzene rings is 1. The van der Waals surface area contributed by atoms with Crippen molar-refractivity contribution in [3.8, 4) is 0 Å². The number of aryl methyl sites for hydroxylation is 2. The third-order valence-electron chi connectivity index (χ3n) is 4.92. The fourth-order valence-corrected chi connectivity index (χ4v) is 3.58. The number of carbonyl (C=O) groups excluding carboxylic acids is 1. The van der Waals surface area contributed by atoms with Gasteiger partial charge in [-0.1, -0.05) is 12.1 Å². The molecule has 0 aliphatic carbocycles. The molecule has 1 aliphatic rings. The van der Waals surface area contributed by atoms with E-state index in [4.69, 9.17) is 0 Å². The molecule has 1 saturated heterocycles. The van der Waals surface area contributed by atoms with E-state index in [2.05, 4.69) is 45.1 Å². The van der Waals surface area contributed by atoms with Crippen LogP contribution in [0.25, 0.3) is 0 Å². The van der Waals surface area contributed by atoms with E-state index >= 15 is 0 Å². The minimum Gasteiger partial charge on any atom is -0.353 e. The lowest BCUT2D eigenvalue weighted by Gasteiger charge is -2.35. The minimum atomic E-state index is -0.0726. The third kappa shape index (κ3) is 4.51. The van der Waals surface area contributed by atoms with Gasteiger partial charge in [0.25, 0.3) is 5.91 Å². The van der Waals surface area contributed by atoms with Gasteiger partial charge in [0.1, 0.15) is 23.7 Å². The van der Waals surface area contributed by atoms with E-state index in [1.165, 1.54) is 17.5 Å². The number of pyridine rings is 1. The van der Waals surface area contributed by atoms with Gasteiger partial charge >= 0.3 is 0 Å². The van der Waals surface area contributed by atoms with Crippen molar-refractivity contribution in [2.45, 2.75) is 13.8 Å². The highest BCUT2D eigenvalue weighted by atomic mass is 16.2. The van der Waals surface area contributed by atoms with Gasteiger partial charge in [0.15, 0.2) is 0 Å². The molecule has 2 aromatic heterocycles. The molecule has 7 heteroatoms. The van der Waals surface area contributed by atoms with Gasteiger partial charge in [-0.2, -0.15) is 0 Å². The van der Waals surface area contributed by atoms with Crippen LogP contribution >= 0.6 is 0 Å². The molecule has 1 aliphatic heterocycles. The Kier molecular flexibility index (Phi) is 5.37. The molecule has 4 rings (SSSR count). The van der Waals surface area contributed by atoms with Crippen LogP contribution in [-0.4, -0.2) is 51.9 Å². The topological polar surface area (TPSA) is 74.2 Å². The van der Waals surface area contributed by atoms with E-state index in [1.54, 1.807) is 12.3 Å². The Hall–Kier alpha value is -3.48. The summed E-state index contributed by atoms with van der Waals surface area (Å²) in [6, 6.07) is 13.8. The zero-order chi connectivity index (χ0) is 20.2. The molecule has 1 N–H and O–H groups in total. The Morgan fingerprint density at radius 3 is 2.38 bits per heavy atom. The van der Waals surface area contributed by atoms with E-state index in [0.29, 0.717) is 24.6 Å². The van der Waals surface area contributed by atoms with E-state index in [1.807, 2.05) is 35.2 Å². The highest BCUT2D eigenvalue weighted by Crippen LogP contribution is 2.19. The first-order valence-electron chi connectivity index (χ1n) is 9.71. The fourth-order valence-electron chi connectivity index (χ4n) is 3.58. The predicted molar refractivity (Wildman–Crippen MR) is 114 cm³/mol. The van der Waals surface area contributed by atoms with Crippen LogP contribution in [0.4, 0.5) is 17.3 Å². The number of hydrogen-bond acceptors (Lipinski definition) is 6. The number of rotatable bonds is 4. The van der Waals surface area contributed by atoms with Crippen LogP contribution in [-0.2, 0) is 0 Å². The average Bonchev–Trinajstić information content (AvgIpc) is 2.73. The van der Waals surface area contributed by atoms with Crippen molar-refractivity contribution < 1.29 is 4.79 Å². The number of aromatic nitrogens is 3. The standard InChI is InChI=1S/C22H24N6O/c1-16-11-17(2)13-18(12-16)26-20-14-19(24-15-25-20)22(29)28-9-7-27(8-10-28)21-5-3-4-6-23-21/h3-6,11-15H,7-10H2,1-2H3,(H,24,25,26). The summed E-state index contributed by atoms with van der Waals surface area (Å²) in [4.78, 5) is 29.8. The maximum Gasteiger partial charge on any atom is 0.272 e. The summed E-state index contributed by atoms with van der Waals surface area (Å²) < 4.78 is 0. The fraction of sp³-hybridized carbons (Fsp3) is 0.273. The average molecular weight is 388 g/mol. The molecule has 7 nitrogen and oxygen atoms in total. The molecule has 3 aromatic rings. The SMILES string of the molecule is Cc1cc(C)cc(Nc2cc(C(=O)N3CCN(c4ccccn4)CC3)ncn2)c1. The van der Waals surface area contributed by atoms with Gasteiger partial charge in [0, 0.05) is 44.1 Å². The second-order valence-corrected chi connectivity index (χ2v) is 7.26. The van der Waals surface area contributed by atoms with Crippen LogP contribution in [0, 0.1) is 13.8 Å². The van der Waals surface area contributed by atoms with E-state index in [9.17, 15) is 4.79 Å². The molecule has 0 atom stereocenters. The Bertz CT molecular complexity index is 979. The Labute approximate surface area is 170 Å². The van der Waals surface area contributed by atoms with Crippen molar-refractivity contribution in [3.63, 3.8) is 0 Å². The molecule has 1 fully saturated rings. The first kappa shape index (κ1) is 18.9. The molecule has 1 amide bonds. The van der Waals surface area contributed by atoms with Gasteiger partial charge in [-0.05, 0) is 49.2 Å². The molecule has 1 aromatic carbocycles. The van der Waals surface area contributed by atoms with Gasteiger partial charge in [-0.15, -0.1) is 0 Å². The predicted octanol–water partition coefficient (Wildman–Crippen LogP) is 3.19. The van der Waals surface area contributed by atoms with Gasteiger partial charge < -0.3 is 15.1 Å². The monoisotopic (exact) mass is 388 g/mol. The van der Waals surface area contributed by atoms with E-state index in [-0.39, 0.29) is 5.91 Å². The Morgan fingerprint density at radius 2 is 1.69 bits per heavy atom. The number of amides is 1. The lowest BCUT2D eigenvalue weighted by molar-refractivity contribution is 0.0740. The molecule has 0 saturated carbocycles. The van der Waals surface area contributed by atoms with Gasteiger partial charge in [0.2, 0.25) is 0 Å². The van der Waals surface area contributed by atoms with E-state index < -0.39 is 0 Å². The second-order valence-electron chi connectivity index (χ2n) is 7.26. The zero-order valence-electron chi connectivity index (χ0n) is 16.7. The summed E-state index contributed by atoms with van der Waals surface area (Å²) in [5.74, 6) is 1.48. The third-order valence-corrected chi connectivity index (χ3v) is 4.92.